The Morgan fingerprint density at radius 2 is 1.89 bits per heavy atom. The second-order valence-electron chi connectivity index (χ2n) is 5.20. The minimum Gasteiger partial charge on any atom is -0.396 e. The van der Waals surface area contributed by atoms with Crippen molar-refractivity contribution < 1.29 is 5.11 Å². The summed E-state index contributed by atoms with van der Waals surface area (Å²) in [5.74, 6) is 0. The van der Waals surface area contributed by atoms with Gasteiger partial charge >= 0.3 is 0 Å². The lowest BCUT2D eigenvalue weighted by Crippen LogP contribution is -2.35. The van der Waals surface area contributed by atoms with Crippen LogP contribution in [0.1, 0.15) is 32.1 Å². The number of rotatable bonds is 4. The average molecular weight is 377 g/mol. The molecule has 1 aromatic carbocycles. The molecule has 1 fully saturated rings. The quantitative estimate of drug-likeness (QED) is 0.806. The van der Waals surface area contributed by atoms with Gasteiger partial charge in [-0.2, -0.15) is 0 Å². The fourth-order valence-corrected chi connectivity index (χ4v) is 3.36. The van der Waals surface area contributed by atoms with Crippen LogP contribution in [0.3, 0.4) is 0 Å². The maximum atomic E-state index is 9.68. The molecule has 2 rings (SSSR count). The van der Waals surface area contributed by atoms with Crippen molar-refractivity contribution in [1.82, 2.24) is 0 Å². The monoisotopic (exact) mass is 375 g/mol. The van der Waals surface area contributed by atoms with Gasteiger partial charge in [-0.25, -0.2) is 0 Å². The van der Waals surface area contributed by atoms with Gasteiger partial charge < -0.3 is 10.4 Å². The van der Waals surface area contributed by atoms with Crippen molar-refractivity contribution in [2.75, 3.05) is 18.5 Å². The van der Waals surface area contributed by atoms with Gasteiger partial charge in [-0.1, -0.05) is 35.2 Å². The normalized spacial score (nSPS) is 18.6. The van der Waals surface area contributed by atoms with E-state index in [1.807, 2.05) is 12.1 Å². The number of hydrogen-bond acceptors (Lipinski definition) is 2. The van der Waals surface area contributed by atoms with Crippen molar-refractivity contribution in [3.05, 3.63) is 27.1 Å². The van der Waals surface area contributed by atoms with E-state index in [0.29, 0.717) is 0 Å². The second kappa shape index (κ2) is 6.40. The molecule has 0 spiro atoms. The first-order valence-corrected chi connectivity index (χ1v) is 8.04. The molecule has 100 valence electrons. The van der Waals surface area contributed by atoms with Crippen molar-refractivity contribution >= 4 is 37.5 Å². The van der Waals surface area contributed by atoms with Gasteiger partial charge in [0.15, 0.2) is 0 Å². The first kappa shape index (κ1) is 14.4. The van der Waals surface area contributed by atoms with E-state index < -0.39 is 0 Å². The summed E-state index contributed by atoms with van der Waals surface area (Å²) in [6, 6.07) is 6.11. The van der Waals surface area contributed by atoms with E-state index in [-0.39, 0.29) is 12.0 Å². The number of hydrogen-bond donors (Lipinski definition) is 2. The van der Waals surface area contributed by atoms with Crippen LogP contribution in [-0.2, 0) is 0 Å². The van der Waals surface area contributed by atoms with Gasteiger partial charge in [-0.05, 0) is 47.0 Å². The zero-order chi connectivity index (χ0) is 13.0. The molecule has 0 aromatic heterocycles. The summed E-state index contributed by atoms with van der Waals surface area (Å²) in [7, 11) is 0. The van der Waals surface area contributed by atoms with E-state index in [0.717, 1.165) is 34.0 Å². The number of aliphatic hydroxyl groups is 1. The van der Waals surface area contributed by atoms with Gasteiger partial charge in [0.2, 0.25) is 0 Å². The topological polar surface area (TPSA) is 32.3 Å². The largest absolute Gasteiger partial charge is 0.396 e. The summed E-state index contributed by atoms with van der Waals surface area (Å²) in [5, 5.41) is 13.2. The van der Waals surface area contributed by atoms with Gasteiger partial charge in [-0.15, -0.1) is 0 Å². The molecule has 0 amide bonds. The fourth-order valence-electron chi connectivity index (χ4n) is 2.61. The number of nitrogens with one attached hydrogen (secondary N) is 1. The molecule has 1 saturated carbocycles. The van der Waals surface area contributed by atoms with Crippen LogP contribution in [0.2, 0.25) is 0 Å². The first-order chi connectivity index (χ1) is 8.65. The Morgan fingerprint density at radius 1 is 1.17 bits per heavy atom. The molecule has 1 aliphatic carbocycles. The third kappa shape index (κ3) is 3.49. The van der Waals surface area contributed by atoms with Crippen LogP contribution < -0.4 is 5.32 Å². The Hall–Kier alpha value is -0.0600. The van der Waals surface area contributed by atoms with Crippen LogP contribution in [0.15, 0.2) is 27.1 Å². The van der Waals surface area contributed by atoms with Crippen LogP contribution >= 0.6 is 31.9 Å². The van der Waals surface area contributed by atoms with E-state index in [9.17, 15) is 5.11 Å². The molecule has 18 heavy (non-hydrogen) atoms. The molecule has 0 heterocycles. The molecular weight excluding hydrogens is 358 g/mol. The van der Waals surface area contributed by atoms with Crippen molar-refractivity contribution in [1.29, 1.82) is 0 Å². The van der Waals surface area contributed by atoms with E-state index in [1.54, 1.807) is 0 Å². The molecule has 0 bridgehead atoms. The lowest BCUT2D eigenvalue weighted by Gasteiger charge is -2.36. The van der Waals surface area contributed by atoms with Crippen molar-refractivity contribution in [2.24, 2.45) is 5.41 Å². The summed E-state index contributed by atoms with van der Waals surface area (Å²) in [4.78, 5) is 0. The molecule has 0 aliphatic heterocycles. The smallest absolute Gasteiger partial charge is 0.0504 e. The molecule has 1 aromatic rings. The second-order valence-corrected chi connectivity index (χ2v) is 6.97. The molecule has 0 saturated heterocycles. The maximum absolute atomic E-state index is 9.68. The number of halogens is 2. The number of benzene rings is 1. The van der Waals surface area contributed by atoms with Gasteiger partial charge in [0.1, 0.15) is 0 Å². The lowest BCUT2D eigenvalue weighted by atomic mass is 9.74. The summed E-state index contributed by atoms with van der Waals surface area (Å²) in [5.41, 5.74) is 1.16. The predicted octanol–water partition coefficient (Wildman–Crippen LogP) is 4.57. The van der Waals surface area contributed by atoms with Gasteiger partial charge in [0, 0.05) is 26.6 Å². The van der Waals surface area contributed by atoms with Crippen LogP contribution in [0.25, 0.3) is 0 Å². The lowest BCUT2D eigenvalue weighted by molar-refractivity contribution is 0.0944. The highest BCUT2D eigenvalue weighted by Crippen LogP contribution is 2.37. The van der Waals surface area contributed by atoms with Crippen molar-refractivity contribution in [3.8, 4) is 0 Å². The molecule has 4 heteroatoms. The predicted molar refractivity (Wildman–Crippen MR) is 82.9 cm³/mol. The Bertz CT molecular complexity index is 403. The summed E-state index contributed by atoms with van der Waals surface area (Å²) in [6.07, 6.45) is 6.04. The van der Waals surface area contributed by atoms with Crippen LogP contribution in [0.4, 0.5) is 5.69 Å². The Kier molecular flexibility index (Phi) is 5.10. The molecule has 2 nitrogen and oxygen atoms in total. The average Bonchev–Trinajstić information content (AvgIpc) is 2.41. The Morgan fingerprint density at radius 3 is 2.56 bits per heavy atom. The third-order valence-electron chi connectivity index (χ3n) is 3.83. The van der Waals surface area contributed by atoms with Gasteiger partial charge in [0.25, 0.3) is 0 Å². The highest BCUT2D eigenvalue weighted by Gasteiger charge is 2.31. The third-order valence-corrected chi connectivity index (χ3v) is 5.02. The summed E-state index contributed by atoms with van der Waals surface area (Å²) < 4.78 is 2.13. The minimum atomic E-state index is 0.0695. The Balaban J connectivity index is 2.03. The van der Waals surface area contributed by atoms with Gasteiger partial charge in [0.05, 0.1) is 6.61 Å². The summed E-state index contributed by atoms with van der Waals surface area (Å²) >= 11 is 7.03. The van der Waals surface area contributed by atoms with E-state index in [1.165, 1.54) is 19.3 Å². The molecular formula is C14H19Br2NO. The standard InChI is InChI=1S/C14H19Br2NO/c15-11-4-5-12(16)13(8-11)17-9-14(10-18)6-2-1-3-7-14/h4-5,8,17-18H,1-3,6-7,9-10H2. The Labute approximate surface area is 125 Å². The highest BCUT2D eigenvalue weighted by atomic mass is 79.9. The molecule has 0 radical (unpaired) electrons. The van der Waals surface area contributed by atoms with Gasteiger partial charge in [-0.3, -0.25) is 0 Å². The maximum Gasteiger partial charge on any atom is 0.0504 e. The van der Waals surface area contributed by atoms with E-state index in [4.69, 9.17) is 0 Å². The van der Waals surface area contributed by atoms with Crippen molar-refractivity contribution in [3.63, 3.8) is 0 Å². The minimum absolute atomic E-state index is 0.0695. The van der Waals surface area contributed by atoms with E-state index in [2.05, 4.69) is 43.2 Å². The molecule has 0 atom stereocenters. The molecule has 1 aliphatic rings. The molecule has 2 N–H and O–H groups in total. The first-order valence-electron chi connectivity index (χ1n) is 6.45. The highest BCUT2D eigenvalue weighted by molar-refractivity contribution is 9.11. The number of anilines is 1. The van der Waals surface area contributed by atoms with Crippen LogP contribution in [0, 0.1) is 5.41 Å². The van der Waals surface area contributed by atoms with Crippen LogP contribution in [0.5, 0.6) is 0 Å². The zero-order valence-corrected chi connectivity index (χ0v) is 13.6. The van der Waals surface area contributed by atoms with Crippen molar-refractivity contribution in [2.45, 2.75) is 32.1 Å². The van der Waals surface area contributed by atoms with E-state index >= 15 is 0 Å². The zero-order valence-electron chi connectivity index (χ0n) is 10.4. The van der Waals surface area contributed by atoms with Crippen LogP contribution in [-0.4, -0.2) is 18.3 Å². The SMILES string of the molecule is OCC1(CNc2cc(Br)ccc2Br)CCCCC1. The number of aliphatic hydroxyl groups excluding tert-OH is 1. The summed E-state index contributed by atoms with van der Waals surface area (Å²) in [6.45, 7) is 1.13. The fraction of sp³-hybridized carbons (Fsp3) is 0.571. The molecule has 0 unspecified atom stereocenters.